The Labute approximate surface area is 129 Å². The van der Waals surface area contributed by atoms with Gasteiger partial charge in [-0.15, -0.1) is 0 Å². The summed E-state index contributed by atoms with van der Waals surface area (Å²) >= 11 is 0. The first-order valence-corrected chi connectivity index (χ1v) is 7.51. The summed E-state index contributed by atoms with van der Waals surface area (Å²) in [5.41, 5.74) is 4.62. The van der Waals surface area contributed by atoms with Gasteiger partial charge < -0.3 is 4.42 Å². The maximum atomic E-state index is 5.72. The molecule has 1 heterocycles. The molecule has 1 nitrogen and oxygen atoms in total. The first-order valence-electron chi connectivity index (χ1n) is 7.51. The van der Waals surface area contributed by atoms with Crippen LogP contribution in [0.4, 0.5) is 0 Å². The fraction of sp³-hybridized carbons (Fsp3) is 0.0476. The topological polar surface area (TPSA) is 13.1 Å². The van der Waals surface area contributed by atoms with E-state index in [0.717, 1.165) is 16.5 Å². The number of allylic oxidation sites excluding steroid dienone is 6. The predicted octanol–water partition coefficient (Wildman–Crippen LogP) is 5.87. The average molecular weight is 284 g/mol. The summed E-state index contributed by atoms with van der Waals surface area (Å²) in [6.07, 6.45) is 14.6. The molecule has 0 aliphatic heterocycles. The highest BCUT2D eigenvalue weighted by Gasteiger charge is 2.15. The van der Waals surface area contributed by atoms with Crippen molar-refractivity contribution in [2.24, 2.45) is 0 Å². The molecule has 1 aliphatic rings. The SMILES string of the molecule is C1=CC=CC(c2ccccc2-c2coc3ccccc23)C=C1. The molecule has 0 bridgehead atoms. The number of rotatable bonds is 2. The van der Waals surface area contributed by atoms with Crippen LogP contribution in [0.25, 0.3) is 22.1 Å². The molecule has 4 rings (SSSR count). The van der Waals surface area contributed by atoms with Gasteiger partial charge in [0.2, 0.25) is 0 Å². The van der Waals surface area contributed by atoms with Gasteiger partial charge in [0.05, 0.1) is 6.26 Å². The third-order valence-electron chi connectivity index (χ3n) is 4.06. The molecule has 2 aromatic carbocycles. The van der Waals surface area contributed by atoms with Gasteiger partial charge in [-0.1, -0.05) is 78.9 Å². The molecule has 3 aromatic rings. The van der Waals surface area contributed by atoms with Crippen molar-refractivity contribution in [3.05, 3.63) is 96.8 Å². The lowest BCUT2D eigenvalue weighted by Crippen LogP contribution is -1.94. The Morgan fingerprint density at radius 1 is 0.682 bits per heavy atom. The first-order chi connectivity index (χ1) is 10.9. The van der Waals surface area contributed by atoms with Crippen molar-refractivity contribution in [2.75, 3.05) is 0 Å². The van der Waals surface area contributed by atoms with Crippen molar-refractivity contribution < 1.29 is 4.42 Å². The van der Waals surface area contributed by atoms with E-state index in [1.807, 2.05) is 18.4 Å². The van der Waals surface area contributed by atoms with E-state index in [2.05, 4.69) is 72.9 Å². The van der Waals surface area contributed by atoms with Crippen LogP contribution in [0, 0.1) is 0 Å². The number of benzene rings is 2. The maximum absolute atomic E-state index is 5.72. The van der Waals surface area contributed by atoms with E-state index in [1.165, 1.54) is 11.1 Å². The van der Waals surface area contributed by atoms with Crippen molar-refractivity contribution in [1.29, 1.82) is 0 Å². The molecule has 0 spiro atoms. The Kier molecular flexibility index (Phi) is 3.24. The number of para-hydroxylation sites is 1. The molecule has 0 amide bonds. The van der Waals surface area contributed by atoms with Crippen LogP contribution in [0.1, 0.15) is 11.5 Å². The molecular formula is C21H16O. The largest absolute Gasteiger partial charge is 0.464 e. The zero-order chi connectivity index (χ0) is 14.8. The van der Waals surface area contributed by atoms with Crippen LogP contribution in [-0.4, -0.2) is 0 Å². The third kappa shape index (κ3) is 2.21. The second kappa shape index (κ2) is 5.53. The summed E-state index contributed by atoms with van der Waals surface area (Å²) in [7, 11) is 0. The number of hydrogen-bond acceptors (Lipinski definition) is 1. The minimum absolute atomic E-state index is 0.278. The second-order valence-electron chi connectivity index (χ2n) is 5.41. The molecule has 0 saturated heterocycles. The van der Waals surface area contributed by atoms with Crippen LogP contribution < -0.4 is 0 Å². The Balaban J connectivity index is 1.89. The molecule has 1 heteroatoms. The summed E-state index contributed by atoms with van der Waals surface area (Å²) in [4.78, 5) is 0. The summed E-state index contributed by atoms with van der Waals surface area (Å²) in [6.45, 7) is 0. The van der Waals surface area contributed by atoms with Gasteiger partial charge in [0.25, 0.3) is 0 Å². The number of hydrogen-bond donors (Lipinski definition) is 0. The quantitative estimate of drug-likeness (QED) is 0.574. The smallest absolute Gasteiger partial charge is 0.134 e. The summed E-state index contributed by atoms with van der Waals surface area (Å²) in [5, 5.41) is 1.16. The van der Waals surface area contributed by atoms with Gasteiger partial charge in [-0.25, -0.2) is 0 Å². The minimum atomic E-state index is 0.278. The molecule has 0 N–H and O–H groups in total. The van der Waals surface area contributed by atoms with E-state index in [1.54, 1.807) is 0 Å². The molecule has 0 radical (unpaired) electrons. The van der Waals surface area contributed by atoms with E-state index in [0.29, 0.717) is 0 Å². The molecule has 22 heavy (non-hydrogen) atoms. The Bertz CT molecular complexity index is 877. The first kappa shape index (κ1) is 12.9. The van der Waals surface area contributed by atoms with E-state index >= 15 is 0 Å². The summed E-state index contributed by atoms with van der Waals surface area (Å²) in [5.74, 6) is 0.278. The van der Waals surface area contributed by atoms with Crippen molar-refractivity contribution in [1.82, 2.24) is 0 Å². The molecule has 0 unspecified atom stereocenters. The van der Waals surface area contributed by atoms with Crippen LogP contribution >= 0.6 is 0 Å². The molecule has 1 aliphatic carbocycles. The van der Waals surface area contributed by atoms with E-state index < -0.39 is 0 Å². The van der Waals surface area contributed by atoms with E-state index in [9.17, 15) is 0 Å². The van der Waals surface area contributed by atoms with Gasteiger partial charge in [0.15, 0.2) is 0 Å². The van der Waals surface area contributed by atoms with E-state index in [4.69, 9.17) is 4.42 Å². The van der Waals surface area contributed by atoms with Gasteiger partial charge >= 0.3 is 0 Å². The van der Waals surface area contributed by atoms with Gasteiger partial charge in [0.1, 0.15) is 5.58 Å². The third-order valence-corrected chi connectivity index (χ3v) is 4.06. The standard InChI is InChI=1S/C21H16O/c1-2-4-10-16(9-3-1)17-11-5-6-12-18(17)20-15-22-21-14-8-7-13-19(20)21/h1-16H. The molecule has 1 aromatic heterocycles. The molecule has 0 fully saturated rings. The van der Waals surface area contributed by atoms with Crippen LogP contribution in [0.3, 0.4) is 0 Å². The van der Waals surface area contributed by atoms with Gasteiger partial charge in [-0.05, 0) is 17.2 Å². The fourth-order valence-electron chi connectivity index (χ4n) is 2.99. The lowest BCUT2D eigenvalue weighted by atomic mass is 9.90. The zero-order valence-electron chi connectivity index (χ0n) is 12.1. The molecular weight excluding hydrogens is 268 g/mol. The van der Waals surface area contributed by atoms with Crippen molar-refractivity contribution in [2.45, 2.75) is 5.92 Å². The summed E-state index contributed by atoms with van der Waals surface area (Å²) in [6, 6.07) is 16.7. The van der Waals surface area contributed by atoms with Crippen molar-refractivity contribution >= 4 is 11.0 Å². The van der Waals surface area contributed by atoms with Gasteiger partial charge in [-0.3, -0.25) is 0 Å². The minimum Gasteiger partial charge on any atom is -0.464 e. The molecule has 106 valence electrons. The van der Waals surface area contributed by atoms with Crippen molar-refractivity contribution in [3.63, 3.8) is 0 Å². The molecule has 0 atom stereocenters. The number of furan rings is 1. The van der Waals surface area contributed by atoms with Crippen LogP contribution in [-0.2, 0) is 0 Å². The summed E-state index contributed by atoms with van der Waals surface area (Å²) < 4.78 is 5.72. The van der Waals surface area contributed by atoms with E-state index in [-0.39, 0.29) is 5.92 Å². The normalized spacial score (nSPS) is 14.5. The van der Waals surface area contributed by atoms with Crippen LogP contribution in [0.2, 0.25) is 0 Å². The van der Waals surface area contributed by atoms with Crippen LogP contribution in [0.15, 0.2) is 95.7 Å². The zero-order valence-corrected chi connectivity index (χ0v) is 12.1. The lowest BCUT2D eigenvalue weighted by Gasteiger charge is -2.13. The predicted molar refractivity (Wildman–Crippen MR) is 91.8 cm³/mol. The maximum Gasteiger partial charge on any atom is 0.134 e. The Morgan fingerprint density at radius 3 is 2.27 bits per heavy atom. The molecule has 0 saturated carbocycles. The second-order valence-corrected chi connectivity index (χ2v) is 5.41. The average Bonchev–Trinajstić information content (AvgIpc) is 2.81. The van der Waals surface area contributed by atoms with Gasteiger partial charge in [-0.2, -0.15) is 0 Å². The highest BCUT2D eigenvalue weighted by molar-refractivity contribution is 5.94. The monoisotopic (exact) mass is 284 g/mol. The van der Waals surface area contributed by atoms with Gasteiger partial charge in [0, 0.05) is 16.9 Å². The lowest BCUT2D eigenvalue weighted by molar-refractivity contribution is 0.617. The van der Waals surface area contributed by atoms with Crippen LogP contribution in [0.5, 0.6) is 0 Å². The Morgan fingerprint density at radius 2 is 1.41 bits per heavy atom. The highest BCUT2D eigenvalue weighted by Crippen LogP contribution is 2.36. The highest BCUT2D eigenvalue weighted by atomic mass is 16.3. The number of fused-ring (bicyclic) bond motifs is 1. The van der Waals surface area contributed by atoms with Crippen molar-refractivity contribution in [3.8, 4) is 11.1 Å². The Hall–Kier alpha value is -2.80. The fourth-order valence-corrected chi connectivity index (χ4v) is 2.99.